The van der Waals surface area contributed by atoms with Crippen molar-refractivity contribution in [3.05, 3.63) is 51.9 Å². The second-order valence-corrected chi connectivity index (χ2v) is 10.9. The summed E-state index contributed by atoms with van der Waals surface area (Å²) < 4.78 is 29.7. The van der Waals surface area contributed by atoms with Gasteiger partial charge in [-0.1, -0.05) is 51.5 Å². The zero-order valence-corrected chi connectivity index (χ0v) is 21.4. The first kappa shape index (κ1) is 26.4. The van der Waals surface area contributed by atoms with Crippen molar-refractivity contribution in [3.8, 4) is 6.07 Å². The summed E-state index contributed by atoms with van der Waals surface area (Å²) in [6.45, 7) is 7.57. The predicted octanol–water partition coefficient (Wildman–Crippen LogP) is 7.69. The van der Waals surface area contributed by atoms with Gasteiger partial charge in [-0.15, -0.1) is 11.6 Å². The minimum atomic E-state index is -2.65. The van der Waals surface area contributed by atoms with E-state index in [1.165, 1.54) is 25.5 Å². The molecule has 3 nitrogen and oxygen atoms in total. The Kier molecular flexibility index (Phi) is 8.57. The summed E-state index contributed by atoms with van der Waals surface area (Å²) in [6, 6.07) is 5.81. The minimum absolute atomic E-state index is 0.0899. The molecule has 3 unspecified atom stereocenters. The van der Waals surface area contributed by atoms with Gasteiger partial charge in [0.25, 0.3) is 6.43 Å². The second-order valence-electron chi connectivity index (χ2n) is 10.1. The van der Waals surface area contributed by atoms with Gasteiger partial charge in [-0.3, -0.25) is 4.99 Å². The minimum Gasteiger partial charge on any atom is -0.399 e. The molecule has 1 heterocycles. The van der Waals surface area contributed by atoms with Gasteiger partial charge in [0, 0.05) is 29.6 Å². The van der Waals surface area contributed by atoms with Crippen LogP contribution in [0.5, 0.6) is 0 Å². The number of nitriles is 1. The molecule has 1 aromatic rings. The Morgan fingerprint density at radius 1 is 1.29 bits per heavy atom. The molecule has 1 saturated carbocycles. The molecule has 0 saturated heterocycles. The van der Waals surface area contributed by atoms with E-state index >= 15 is 0 Å². The third-order valence-electron chi connectivity index (χ3n) is 7.51. The highest BCUT2D eigenvalue weighted by atomic mass is 35.5. The average molecular weight is 488 g/mol. The molecule has 6 heteroatoms. The number of halogens is 3. The highest BCUT2D eigenvalue weighted by molar-refractivity contribution is 6.28. The lowest BCUT2D eigenvalue weighted by Gasteiger charge is -2.36. The summed E-state index contributed by atoms with van der Waals surface area (Å²) in [5.41, 5.74) is 9.83. The Morgan fingerprint density at radius 3 is 2.59 bits per heavy atom. The molecule has 1 aromatic carbocycles. The molecule has 1 aliphatic carbocycles. The van der Waals surface area contributed by atoms with E-state index in [9.17, 15) is 14.0 Å². The van der Waals surface area contributed by atoms with E-state index < -0.39 is 17.2 Å². The fraction of sp³-hybridized carbons (Fsp3) is 0.571. The molecule has 0 spiro atoms. The smallest absolute Gasteiger partial charge is 0.260 e. The maximum absolute atomic E-state index is 14.8. The zero-order chi connectivity index (χ0) is 25.0. The third kappa shape index (κ3) is 5.89. The van der Waals surface area contributed by atoms with Crippen molar-refractivity contribution in [2.45, 2.75) is 83.9 Å². The Balaban J connectivity index is 2.14. The molecule has 0 bridgehead atoms. The second kappa shape index (κ2) is 11.0. The van der Waals surface area contributed by atoms with E-state index in [2.05, 4.69) is 18.0 Å². The third-order valence-corrected chi connectivity index (χ3v) is 7.96. The molecule has 0 amide bonds. The summed E-state index contributed by atoms with van der Waals surface area (Å²) in [7, 11) is 0. The molecule has 2 aliphatic rings. The van der Waals surface area contributed by atoms with Crippen LogP contribution in [-0.2, 0) is 0 Å². The standard InChI is InChI=1S/C28H36ClF2N3/c1-5-19(7-6-8-20-9-10-20)12-23(27(30)31)26(24-15-34-16-25(33)28(24,4)29)22-13-21(14-32)17(2)11-18(22)3/h11,13,15-16,19-20,24,27H,5-10,12,33H2,1-4H3/b26-23-. The van der Waals surface area contributed by atoms with Gasteiger partial charge in [-0.05, 0) is 67.4 Å². The van der Waals surface area contributed by atoms with Gasteiger partial charge in [0.1, 0.15) is 0 Å². The normalized spacial score (nSPS) is 24.0. The van der Waals surface area contributed by atoms with Crippen LogP contribution in [0.1, 0.15) is 81.0 Å². The van der Waals surface area contributed by atoms with Crippen LogP contribution >= 0.6 is 11.6 Å². The number of benzene rings is 1. The Morgan fingerprint density at radius 2 is 2.00 bits per heavy atom. The summed E-state index contributed by atoms with van der Waals surface area (Å²) in [5, 5.41) is 9.65. The molecule has 1 aliphatic heterocycles. The average Bonchev–Trinajstić information content (AvgIpc) is 3.60. The molecule has 2 N–H and O–H groups in total. The first-order valence-electron chi connectivity index (χ1n) is 12.3. The number of alkyl halides is 3. The molecule has 34 heavy (non-hydrogen) atoms. The molecule has 0 aromatic heterocycles. The van der Waals surface area contributed by atoms with Crippen molar-refractivity contribution in [1.29, 1.82) is 5.26 Å². The van der Waals surface area contributed by atoms with Gasteiger partial charge in [0.2, 0.25) is 0 Å². The van der Waals surface area contributed by atoms with E-state index in [0.717, 1.165) is 36.3 Å². The fourth-order valence-electron chi connectivity index (χ4n) is 4.98. The molecule has 0 radical (unpaired) electrons. The number of nitrogens with two attached hydrogens (primary N) is 1. The number of hydrogen-bond acceptors (Lipinski definition) is 3. The van der Waals surface area contributed by atoms with Crippen molar-refractivity contribution in [2.24, 2.45) is 28.5 Å². The maximum atomic E-state index is 14.8. The topological polar surface area (TPSA) is 62.2 Å². The molecular formula is C28H36ClF2N3. The Labute approximate surface area is 207 Å². The quantitative estimate of drug-likeness (QED) is 0.344. The fourth-order valence-corrected chi connectivity index (χ4v) is 5.20. The van der Waals surface area contributed by atoms with E-state index in [0.29, 0.717) is 28.8 Å². The molecule has 184 valence electrons. The van der Waals surface area contributed by atoms with Crippen LogP contribution in [0.2, 0.25) is 0 Å². The number of allylic oxidation sites excluding steroid dienone is 3. The van der Waals surface area contributed by atoms with Gasteiger partial charge >= 0.3 is 0 Å². The first-order valence-corrected chi connectivity index (χ1v) is 12.7. The lowest BCUT2D eigenvalue weighted by molar-refractivity contribution is 0.179. The van der Waals surface area contributed by atoms with Crippen molar-refractivity contribution >= 4 is 23.4 Å². The van der Waals surface area contributed by atoms with E-state index in [1.807, 2.05) is 19.9 Å². The summed E-state index contributed by atoms with van der Waals surface area (Å²) in [6.07, 6.45) is 7.41. The van der Waals surface area contributed by atoms with Crippen molar-refractivity contribution in [1.82, 2.24) is 0 Å². The number of rotatable bonds is 10. The number of aliphatic imine (C=N–C) groups is 1. The van der Waals surface area contributed by atoms with Crippen LogP contribution < -0.4 is 5.73 Å². The number of aryl methyl sites for hydroxylation is 2. The van der Waals surface area contributed by atoms with Gasteiger partial charge in [0.15, 0.2) is 0 Å². The lowest BCUT2D eigenvalue weighted by Crippen LogP contribution is -2.39. The number of hydrogen-bond donors (Lipinski definition) is 1. The van der Waals surface area contributed by atoms with Crippen LogP contribution in [-0.4, -0.2) is 17.5 Å². The van der Waals surface area contributed by atoms with E-state index in [-0.39, 0.29) is 11.5 Å². The van der Waals surface area contributed by atoms with Gasteiger partial charge in [-0.25, -0.2) is 8.78 Å². The molecule has 1 fully saturated rings. The lowest BCUT2D eigenvalue weighted by atomic mass is 9.75. The summed E-state index contributed by atoms with van der Waals surface area (Å²) in [4.78, 5) is 3.15. The van der Waals surface area contributed by atoms with E-state index in [4.69, 9.17) is 17.3 Å². The van der Waals surface area contributed by atoms with Crippen molar-refractivity contribution in [2.75, 3.05) is 0 Å². The van der Waals surface area contributed by atoms with Crippen LogP contribution in [0.3, 0.4) is 0 Å². The largest absolute Gasteiger partial charge is 0.399 e. The maximum Gasteiger partial charge on any atom is 0.260 e. The SMILES string of the molecule is CCC(CCCC1CC1)C/C(=C(\c1cc(C#N)c(C)cc1C)C1C=NC=C(N)C1(C)Cl)C(F)F. The van der Waals surface area contributed by atoms with E-state index in [1.54, 1.807) is 19.2 Å². The molecule has 3 rings (SSSR count). The van der Waals surface area contributed by atoms with Crippen LogP contribution in [0.25, 0.3) is 5.57 Å². The van der Waals surface area contributed by atoms with Gasteiger partial charge in [0.05, 0.1) is 16.5 Å². The zero-order valence-electron chi connectivity index (χ0n) is 20.7. The Hall–Kier alpha value is -2.19. The highest BCUT2D eigenvalue weighted by Crippen LogP contribution is 2.45. The van der Waals surface area contributed by atoms with Gasteiger partial charge < -0.3 is 5.73 Å². The molecular weight excluding hydrogens is 452 g/mol. The Bertz CT molecular complexity index is 1030. The molecule has 3 atom stereocenters. The van der Waals surface area contributed by atoms with Crippen LogP contribution in [0.4, 0.5) is 8.78 Å². The predicted molar refractivity (Wildman–Crippen MR) is 137 cm³/mol. The van der Waals surface area contributed by atoms with Crippen molar-refractivity contribution in [3.63, 3.8) is 0 Å². The first-order chi connectivity index (χ1) is 16.1. The number of nitrogens with zero attached hydrogens (tertiary/aromatic N) is 2. The van der Waals surface area contributed by atoms with Gasteiger partial charge in [-0.2, -0.15) is 5.26 Å². The summed E-state index contributed by atoms with van der Waals surface area (Å²) in [5.74, 6) is 0.358. The summed E-state index contributed by atoms with van der Waals surface area (Å²) >= 11 is 6.91. The highest BCUT2D eigenvalue weighted by Gasteiger charge is 2.41. The van der Waals surface area contributed by atoms with Crippen molar-refractivity contribution < 1.29 is 8.78 Å². The van der Waals surface area contributed by atoms with Crippen LogP contribution in [0.15, 0.2) is 34.6 Å². The van der Waals surface area contributed by atoms with Crippen LogP contribution in [0, 0.1) is 42.9 Å². The monoisotopic (exact) mass is 487 g/mol.